The van der Waals surface area contributed by atoms with Gasteiger partial charge in [0, 0.05) is 12.1 Å². The fourth-order valence-electron chi connectivity index (χ4n) is 3.93. The lowest BCUT2D eigenvalue weighted by atomic mass is 10.1. The van der Waals surface area contributed by atoms with Gasteiger partial charge in [-0.2, -0.15) is 0 Å². The normalized spacial score (nSPS) is 11.1. The molecule has 3 aromatic rings. The topological polar surface area (TPSA) is 89.8 Å². The molecule has 0 saturated carbocycles. The molecule has 0 aliphatic heterocycles. The maximum Gasteiger partial charge on any atom is 0.262 e. The number of quaternary nitrogens is 1. The van der Waals surface area contributed by atoms with Gasteiger partial charge in [-0.3, -0.25) is 14.2 Å². The number of nitrogens with zero attached hydrogens (tertiary/aromatic N) is 1. The number of carbonyl (C=O) groups excluding carboxylic acids is 1. The SMILES string of the molecule is CC[NH+](CC)CCn1c(=S)[nH]c2cc(C(=O)NCCc3ccc(OC)c(OC)c3)ccc2c1=O. The van der Waals surface area contributed by atoms with Gasteiger partial charge in [-0.1, -0.05) is 6.07 Å². The zero-order chi connectivity index (χ0) is 24.7. The van der Waals surface area contributed by atoms with Crippen molar-refractivity contribution in [2.75, 3.05) is 40.4 Å². The molecule has 0 aliphatic carbocycles. The molecule has 0 spiro atoms. The molecule has 0 aliphatic rings. The van der Waals surface area contributed by atoms with Gasteiger partial charge in [-0.05, 0) is 68.4 Å². The highest BCUT2D eigenvalue weighted by molar-refractivity contribution is 7.71. The number of fused-ring (bicyclic) bond motifs is 1. The number of aromatic nitrogens is 2. The number of hydrogen-bond donors (Lipinski definition) is 3. The molecule has 8 nitrogen and oxygen atoms in total. The molecular weight excluding hydrogens is 452 g/mol. The Morgan fingerprint density at radius 1 is 1.09 bits per heavy atom. The van der Waals surface area contributed by atoms with Gasteiger partial charge in [-0.25, -0.2) is 0 Å². The van der Waals surface area contributed by atoms with Gasteiger partial charge in [0.05, 0.1) is 51.3 Å². The van der Waals surface area contributed by atoms with E-state index in [1.165, 1.54) is 4.90 Å². The Hall–Kier alpha value is -3.17. The van der Waals surface area contributed by atoms with Crippen molar-refractivity contribution < 1.29 is 19.2 Å². The third-order valence-electron chi connectivity index (χ3n) is 6.08. The van der Waals surface area contributed by atoms with E-state index in [0.717, 1.165) is 25.2 Å². The second-order valence-corrected chi connectivity index (χ2v) is 8.44. The molecule has 9 heteroatoms. The lowest BCUT2D eigenvalue weighted by Gasteiger charge is -2.16. The van der Waals surface area contributed by atoms with Crippen LogP contribution in [-0.2, 0) is 13.0 Å². The summed E-state index contributed by atoms with van der Waals surface area (Å²) < 4.78 is 12.6. The van der Waals surface area contributed by atoms with Crippen molar-refractivity contribution in [2.45, 2.75) is 26.8 Å². The number of hydrogen-bond acceptors (Lipinski definition) is 5. The minimum absolute atomic E-state index is 0.134. The summed E-state index contributed by atoms with van der Waals surface area (Å²) in [5.74, 6) is 1.11. The first kappa shape index (κ1) is 25.5. The van der Waals surface area contributed by atoms with E-state index < -0.39 is 0 Å². The van der Waals surface area contributed by atoms with E-state index in [-0.39, 0.29) is 11.5 Å². The standard InChI is InChI=1S/C25H32N4O4S/c1-5-28(6-2)13-14-29-24(31)19-9-8-18(16-20(19)27-25(29)34)23(30)26-12-11-17-7-10-21(32-3)22(15-17)33-4/h7-10,15-16H,5-6,11-14H2,1-4H3,(H,26,30)(H,27,34)/p+1. The zero-order valence-corrected chi connectivity index (χ0v) is 21.0. The summed E-state index contributed by atoms with van der Waals surface area (Å²) in [4.78, 5) is 30.2. The Balaban J connectivity index is 1.70. The molecule has 1 amide bonds. The van der Waals surface area contributed by atoms with Crippen molar-refractivity contribution in [3.05, 3.63) is 62.6 Å². The van der Waals surface area contributed by atoms with Crippen LogP contribution >= 0.6 is 12.2 Å². The average molecular weight is 486 g/mol. The van der Waals surface area contributed by atoms with E-state index in [1.54, 1.807) is 37.0 Å². The number of rotatable bonds is 11. The van der Waals surface area contributed by atoms with Crippen LogP contribution in [0.2, 0.25) is 0 Å². The molecule has 182 valence electrons. The summed E-state index contributed by atoms with van der Waals surface area (Å²) >= 11 is 5.44. The number of aromatic amines is 1. The Bertz CT molecular complexity index is 1260. The predicted octanol–water partition coefficient (Wildman–Crippen LogP) is 1.97. The van der Waals surface area contributed by atoms with Crippen molar-refractivity contribution >= 4 is 29.0 Å². The Morgan fingerprint density at radius 3 is 2.50 bits per heavy atom. The highest BCUT2D eigenvalue weighted by atomic mass is 32.1. The first-order chi connectivity index (χ1) is 16.4. The molecule has 0 atom stereocenters. The number of carbonyl (C=O) groups is 1. The molecule has 0 bridgehead atoms. The average Bonchev–Trinajstić information content (AvgIpc) is 2.85. The summed E-state index contributed by atoms with van der Waals surface area (Å²) in [5, 5.41) is 3.45. The largest absolute Gasteiger partial charge is 0.493 e. The van der Waals surface area contributed by atoms with Crippen LogP contribution in [0.25, 0.3) is 10.9 Å². The number of methoxy groups -OCH3 is 2. The van der Waals surface area contributed by atoms with Crippen LogP contribution in [0.1, 0.15) is 29.8 Å². The zero-order valence-electron chi connectivity index (χ0n) is 20.2. The predicted molar refractivity (Wildman–Crippen MR) is 136 cm³/mol. The van der Waals surface area contributed by atoms with Crippen LogP contribution in [0.15, 0.2) is 41.2 Å². The lowest BCUT2D eigenvalue weighted by molar-refractivity contribution is -0.897. The minimum Gasteiger partial charge on any atom is -0.493 e. The Kier molecular flexibility index (Phi) is 8.84. The van der Waals surface area contributed by atoms with Crippen LogP contribution in [0.3, 0.4) is 0 Å². The number of H-pyrrole nitrogens is 1. The minimum atomic E-state index is -0.212. The van der Waals surface area contributed by atoms with Crippen molar-refractivity contribution in [1.82, 2.24) is 14.9 Å². The van der Waals surface area contributed by atoms with E-state index in [0.29, 0.717) is 52.2 Å². The van der Waals surface area contributed by atoms with E-state index in [2.05, 4.69) is 24.1 Å². The Labute approximate surface area is 204 Å². The number of ether oxygens (including phenoxy) is 2. The molecule has 1 heterocycles. The van der Waals surface area contributed by atoms with Crippen molar-refractivity contribution in [1.29, 1.82) is 0 Å². The van der Waals surface area contributed by atoms with Gasteiger partial charge < -0.3 is 24.7 Å². The van der Waals surface area contributed by atoms with Gasteiger partial charge in [0.2, 0.25) is 0 Å². The van der Waals surface area contributed by atoms with Gasteiger partial charge in [0.15, 0.2) is 16.3 Å². The van der Waals surface area contributed by atoms with Crippen molar-refractivity contribution in [3.63, 3.8) is 0 Å². The fourth-order valence-corrected chi connectivity index (χ4v) is 4.21. The summed E-state index contributed by atoms with van der Waals surface area (Å²) in [6.45, 7) is 8.10. The quantitative estimate of drug-likeness (QED) is 0.362. The van der Waals surface area contributed by atoms with E-state index in [4.69, 9.17) is 21.7 Å². The molecule has 0 fully saturated rings. The second kappa shape index (κ2) is 11.8. The summed E-state index contributed by atoms with van der Waals surface area (Å²) in [7, 11) is 3.19. The van der Waals surface area contributed by atoms with Crippen LogP contribution < -0.4 is 25.2 Å². The lowest BCUT2D eigenvalue weighted by Crippen LogP contribution is -3.11. The third-order valence-corrected chi connectivity index (χ3v) is 6.40. The summed E-state index contributed by atoms with van der Waals surface area (Å²) in [6, 6.07) is 10.7. The molecule has 0 saturated heterocycles. The number of benzene rings is 2. The van der Waals surface area contributed by atoms with E-state index in [9.17, 15) is 9.59 Å². The van der Waals surface area contributed by atoms with Gasteiger partial charge >= 0.3 is 0 Å². The van der Waals surface area contributed by atoms with Crippen molar-refractivity contribution in [3.8, 4) is 11.5 Å². The number of amides is 1. The van der Waals surface area contributed by atoms with Gasteiger partial charge in [-0.15, -0.1) is 0 Å². The molecule has 3 N–H and O–H groups in total. The van der Waals surface area contributed by atoms with E-state index in [1.807, 2.05) is 18.2 Å². The number of nitrogens with one attached hydrogen (secondary N) is 3. The van der Waals surface area contributed by atoms with Crippen LogP contribution in [0.4, 0.5) is 0 Å². The molecule has 0 radical (unpaired) electrons. The highest BCUT2D eigenvalue weighted by Gasteiger charge is 2.12. The molecule has 34 heavy (non-hydrogen) atoms. The molecule has 0 unspecified atom stereocenters. The summed E-state index contributed by atoms with van der Waals surface area (Å²) in [5.41, 5.74) is 1.92. The second-order valence-electron chi connectivity index (χ2n) is 8.05. The Morgan fingerprint density at radius 2 is 1.82 bits per heavy atom. The first-order valence-corrected chi connectivity index (χ1v) is 11.9. The van der Waals surface area contributed by atoms with Gasteiger partial charge in [0.25, 0.3) is 11.5 Å². The highest BCUT2D eigenvalue weighted by Crippen LogP contribution is 2.27. The first-order valence-electron chi connectivity index (χ1n) is 11.5. The molecule has 3 rings (SSSR count). The van der Waals surface area contributed by atoms with Crippen molar-refractivity contribution in [2.24, 2.45) is 0 Å². The molecular formula is C25H33N4O4S+. The maximum atomic E-state index is 13.0. The number of likely N-dealkylation sites (N-methyl/N-ethyl adjacent to an activating group) is 1. The van der Waals surface area contributed by atoms with Crippen LogP contribution in [-0.4, -0.2) is 55.9 Å². The van der Waals surface area contributed by atoms with Gasteiger partial charge in [0.1, 0.15) is 0 Å². The fraction of sp³-hybridized carbons (Fsp3) is 0.400. The van der Waals surface area contributed by atoms with Crippen LogP contribution in [0.5, 0.6) is 11.5 Å². The molecule has 1 aromatic heterocycles. The monoisotopic (exact) mass is 485 g/mol. The smallest absolute Gasteiger partial charge is 0.262 e. The third kappa shape index (κ3) is 5.84. The summed E-state index contributed by atoms with van der Waals surface area (Å²) in [6.07, 6.45) is 0.640. The molecule has 2 aromatic carbocycles. The maximum absolute atomic E-state index is 13.0. The van der Waals surface area contributed by atoms with Crippen LogP contribution in [0, 0.1) is 4.77 Å². The van der Waals surface area contributed by atoms with E-state index >= 15 is 0 Å².